The molecule has 5 rings (SSSR count). The van der Waals surface area contributed by atoms with Crippen LogP contribution in [0, 0.1) is 12.7 Å². The van der Waals surface area contributed by atoms with Crippen molar-refractivity contribution < 1.29 is 36.6 Å². The van der Waals surface area contributed by atoms with Crippen molar-refractivity contribution in [2.24, 2.45) is 0 Å². The van der Waals surface area contributed by atoms with Gasteiger partial charge in [-0.1, -0.05) is 12.2 Å². The standard InChI is InChI=1S/C26H25FN2O7S/c1-16-14-35-21-15-36-25-19(23(16)21)5-6-20(24(25)26(30)31)28-37(32,33)22-7-4-18(27)13-17(22)3-2-8-29-9-11-34-12-10-29/h2-7,13-14,28H,8-12,15H2,1H3,(H,30,31). The van der Waals surface area contributed by atoms with Crippen LogP contribution in [0.25, 0.3) is 17.2 Å². The number of furan rings is 1. The molecule has 0 unspecified atom stereocenters. The molecule has 1 fully saturated rings. The molecule has 194 valence electrons. The van der Waals surface area contributed by atoms with Gasteiger partial charge in [-0.25, -0.2) is 17.6 Å². The van der Waals surface area contributed by atoms with E-state index in [9.17, 15) is 22.7 Å². The molecule has 3 aromatic rings. The SMILES string of the molecule is Cc1coc2c1-c1ccc(NS(=O)(=O)c3ccc(F)cc3C=CCN3CCOCC3)c(C(=O)O)c1OC2. The molecule has 9 nitrogen and oxygen atoms in total. The number of nitrogens with zero attached hydrogens (tertiary/aromatic N) is 1. The van der Waals surface area contributed by atoms with E-state index in [1.54, 1.807) is 24.5 Å². The molecule has 0 radical (unpaired) electrons. The zero-order valence-corrected chi connectivity index (χ0v) is 20.8. The lowest BCUT2D eigenvalue weighted by atomic mass is 9.96. The maximum Gasteiger partial charge on any atom is 0.341 e. The molecule has 37 heavy (non-hydrogen) atoms. The summed E-state index contributed by atoms with van der Waals surface area (Å²) in [6.45, 7) is 5.13. The molecule has 0 amide bonds. The second-order valence-corrected chi connectivity index (χ2v) is 10.4. The van der Waals surface area contributed by atoms with Crippen LogP contribution in [0.15, 0.2) is 52.0 Å². The van der Waals surface area contributed by atoms with Gasteiger partial charge in [0.15, 0.2) is 0 Å². The zero-order chi connectivity index (χ0) is 26.2. The van der Waals surface area contributed by atoms with Crippen molar-refractivity contribution >= 4 is 27.8 Å². The predicted octanol–water partition coefficient (Wildman–Crippen LogP) is 4.13. The Morgan fingerprint density at radius 3 is 2.76 bits per heavy atom. The minimum absolute atomic E-state index is 0.0166. The Balaban J connectivity index is 1.48. The second kappa shape index (κ2) is 10.0. The third-order valence-electron chi connectivity index (χ3n) is 6.31. The topological polar surface area (TPSA) is 118 Å². The fourth-order valence-electron chi connectivity index (χ4n) is 4.54. The number of hydrogen-bond acceptors (Lipinski definition) is 7. The molecule has 2 aliphatic heterocycles. The van der Waals surface area contributed by atoms with Gasteiger partial charge in [-0.2, -0.15) is 0 Å². The van der Waals surface area contributed by atoms with Crippen LogP contribution in [0.1, 0.15) is 27.2 Å². The molecular weight excluding hydrogens is 503 g/mol. The molecule has 0 bridgehead atoms. The van der Waals surface area contributed by atoms with Gasteiger partial charge in [-0.15, -0.1) is 0 Å². The van der Waals surface area contributed by atoms with Gasteiger partial charge < -0.3 is 19.0 Å². The Morgan fingerprint density at radius 1 is 1.22 bits per heavy atom. The predicted molar refractivity (Wildman–Crippen MR) is 134 cm³/mol. The molecule has 2 aliphatic rings. The number of ether oxygens (including phenoxy) is 2. The van der Waals surface area contributed by atoms with Crippen molar-refractivity contribution in [3.8, 4) is 16.9 Å². The van der Waals surface area contributed by atoms with Crippen molar-refractivity contribution in [1.29, 1.82) is 0 Å². The summed E-state index contributed by atoms with van der Waals surface area (Å²) >= 11 is 0. The van der Waals surface area contributed by atoms with Gasteiger partial charge in [-0.3, -0.25) is 9.62 Å². The number of morpholine rings is 1. The van der Waals surface area contributed by atoms with Crippen LogP contribution < -0.4 is 9.46 Å². The highest BCUT2D eigenvalue weighted by atomic mass is 32.2. The molecule has 0 saturated carbocycles. The van der Waals surface area contributed by atoms with Crippen LogP contribution in [0.3, 0.4) is 0 Å². The third kappa shape index (κ3) is 4.97. The van der Waals surface area contributed by atoms with Crippen LogP contribution in [0.2, 0.25) is 0 Å². The Bertz CT molecular complexity index is 1490. The van der Waals surface area contributed by atoms with Gasteiger partial charge >= 0.3 is 5.97 Å². The van der Waals surface area contributed by atoms with E-state index in [1.165, 1.54) is 6.07 Å². The normalized spacial score (nSPS) is 15.7. The minimum atomic E-state index is -4.30. The lowest BCUT2D eigenvalue weighted by molar-refractivity contribution is 0.0435. The molecule has 0 aliphatic carbocycles. The number of carboxylic acid groups (broad SMARTS) is 1. The highest BCUT2D eigenvalue weighted by Crippen LogP contribution is 2.45. The van der Waals surface area contributed by atoms with Crippen molar-refractivity contribution in [3.05, 3.63) is 70.9 Å². The van der Waals surface area contributed by atoms with Crippen LogP contribution >= 0.6 is 0 Å². The molecule has 0 spiro atoms. The van der Waals surface area contributed by atoms with Crippen molar-refractivity contribution in [1.82, 2.24) is 4.90 Å². The number of aromatic carboxylic acids is 1. The smallest absolute Gasteiger partial charge is 0.341 e. The highest BCUT2D eigenvalue weighted by Gasteiger charge is 2.31. The van der Waals surface area contributed by atoms with E-state index in [4.69, 9.17) is 13.9 Å². The minimum Gasteiger partial charge on any atom is -0.484 e. The maximum atomic E-state index is 14.1. The first kappa shape index (κ1) is 25.0. The number of benzene rings is 2. The summed E-state index contributed by atoms with van der Waals surface area (Å²) in [5.41, 5.74) is 1.70. The van der Waals surface area contributed by atoms with Gasteiger partial charge in [0.2, 0.25) is 0 Å². The first-order valence-corrected chi connectivity index (χ1v) is 13.1. The van der Waals surface area contributed by atoms with E-state index in [0.717, 1.165) is 42.4 Å². The van der Waals surface area contributed by atoms with Gasteiger partial charge in [0.25, 0.3) is 10.0 Å². The number of aryl methyl sites for hydroxylation is 1. The lowest BCUT2D eigenvalue weighted by Crippen LogP contribution is -2.36. The fourth-order valence-corrected chi connectivity index (χ4v) is 5.79. The average Bonchev–Trinajstić information content (AvgIpc) is 3.25. The monoisotopic (exact) mass is 528 g/mol. The first-order chi connectivity index (χ1) is 17.7. The van der Waals surface area contributed by atoms with E-state index >= 15 is 0 Å². The van der Waals surface area contributed by atoms with Crippen molar-refractivity contribution in [3.63, 3.8) is 0 Å². The Morgan fingerprint density at radius 2 is 2.00 bits per heavy atom. The van der Waals surface area contributed by atoms with Crippen LogP contribution in [-0.2, 0) is 21.4 Å². The summed E-state index contributed by atoms with van der Waals surface area (Å²) < 4.78 is 59.7. The number of rotatable bonds is 7. The van der Waals surface area contributed by atoms with E-state index in [-0.39, 0.29) is 34.1 Å². The summed E-state index contributed by atoms with van der Waals surface area (Å²) in [6, 6.07) is 6.30. The second-order valence-electron chi connectivity index (χ2n) is 8.78. The third-order valence-corrected chi connectivity index (χ3v) is 7.75. The van der Waals surface area contributed by atoms with Crippen LogP contribution in [0.4, 0.5) is 10.1 Å². The summed E-state index contributed by atoms with van der Waals surface area (Å²) in [7, 11) is -4.30. The Labute approximate surface area is 213 Å². The summed E-state index contributed by atoms with van der Waals surface area (Å²) in [6.07, 6.45) is 4.87. The molecule has 11 heteroatoms. The quantitative estimate of drug-likeness (QED) is 0.470. The van der Waals surface area contributed by atoms with Crippen molar-refractivity contribution in [2.75, 3.05) is 37.6 Å². The van der Waals surface area contributed by atoms with E-state index in [1.807, 2.05) is 6.92 Å². The average molecular weight is 529 g/mol. The zero-order valence-electron chi connectivity index (χ0n) is 20.0. The Hall–Kier alpha value is -3.67. The first-order valence-electron chi connectivity index (χ1n) is 11.6. The fraction of sp³-hybridized carbons (Fsp3) is 0.269. The molecule has 3 heterocycles. The van der Waals surface area contributed by atoms with E-state index in [2.05, 4.69) is 9.62 Å². The molecular formula is C26H25FN2O7S. The van der Waals surface area contributed by atoms with E-state index in [0.29, 0.717) is 31.1 Å². The number of hydrogen-bond donors (Lipinski definition) is 2. The number of fused-ring (bicyclic) bond motifs is 3. The molecule has 1 aromatic heterocycles. The van der Waals surface area contributed by atoms with Crippen LogP contribution in [0.5, 0.6) is 5.75 Å². The maximum absolute atomic E-state index is 14.1. The summed E-state index contributed by atoms with van der Waals surface area (Å²) in [5, 5.41) is 9.98. The van der Waals surface area contributed by atoms with Crippen molar-refractivity contribution in [2.45, 2.75) is 18.4 Å². The molecule has 1 saturated heterocycles. The van der Waals surface area contributed by atoms with Gasteiger partial charge in [0.05, 0.1) is 30.1 Å². The number of carbonyl (C=O) groups is 1. The Kier molecular flexibility index (Phi) is 6.76. The number of halogens is 1. The van der Waals surface area contributed by atoms with Gasteiger partial charge in [-0.05, 0) is 48.4 Å². The number of nitrogens with one attached hydrogen (secondary N) is 1. The summed E-state index contributed by atoms with van der Waals surface area (Å²) in [5.74, 6) is -1.34. The number of sulfonamides is 1. The van der Waals surface area contributed by atoms with E-state index < -0.39 is 21.8 Å². The summed E-state index contributed by atoms with van der Waals surface area (Å²) in [4.78, 5) is 14.2. The molecule has 0 atom stereocenters. The number of carboxylic acids is 1. The molecule has 2 N–H and O–H groups in total. The van der Waals surface area contributed by atoms with Crippen LogP contribution in [-0.4, -0.2) is 57.2 Å². The largest absolute Gasteiger partial charge is 0.484 e. The lowest BCUT2D eigenvalue weighted by Gasteiger charge is -2.25. The van der Waals surface area contributed by atoms with Gasteiger partial charge in [0.1, 0.15) is 29.5 Å². The van der Waals surface area contributed by atoms with Gasteiger partial charge in [0, 0.05) is 30.8 Å². The number of anilines is 1. The highest BCUT2D eigenvalue weighted by molar-refractivity contribution is 7.92. The molecule has 2 aromatic carbocycles.